The van der Waals surface area contributed by atoms with Crippen LogP contribution in [0.25, 0.3) is 5.65 Å². The molecule has 2 aromatic rings. The summed E-state index contributed by atoms with van der Waals surface area (Å²) in [6, 6.07) is 3.14. The van der Waals surface area contributed by atoms with E-state index in [9.17, 15) is 9.59 Å². The first-order valence-corrected chi connectivity index (χ1v) is 4.81. The van der Waals surface area contributed by atoms with E-state index in [2.05, 4.69) is 14.8 Å². The molecule has 0 aliphatic rings. The van der Waals surface area contributed by atoms with Crippen LogP contribution in [0.1, 0.15) is 10.4 Å². The van der Waals surface area contributed by atoms with Crippen LogP contribution in [-0.4, -0.2) is 45.7 Å². The second-order valence-electron chi connectivity index (χ2n) is 3.53. The number of hydrogen-bond acceptors (Lipinski definition) is 5. The molecule has 1 amide bonds. The molecular formula is C10H10N4O3. The van der Waals surface area contributed by atoms with Crippen molar-refractivity contribution in [2.24, 2.45) is 0 Å². The summed E-state index contributed by atoms with van der Waals surface area (Å²) < 4.78 is 6.04. The van der Waals surface area contributed by atoms with Crippen molar-refractivity contribution in [3.05, 3.63) is 30.2 Å². The van der Waals surface area contributed by atoms with Gasteiger partial charge in [-0.05, 0) is 12.1 Å². The zero-order valence-electron chi connectivity index (χ0n) is 9.32. The van der Waals surface area contributed by atoms with E-state index in [4.69, 9.17) is 0 Å². The third-order valence-electron chi connectivity index (χ3n) is 2.05. The average Bonchev–Trinajstić information content (AvgIpc) is 2.75. The second-order valence-corrected chi connectivity index (χ2v) is 3.53. The second kappa shape index (κ2) is 4.20. The van der Waals surface area contributed by atoms with Crippen molar-refractivity contribution in [1.29, 1.82) is 0 Å². The average molecular weight is 234 g/mol. The summed E-state index contributed by atoms with van der Waals surface area (Å²) in [4.78, 5) is 27.9. The largest absolute Gasteiger partial charge is 0.417 e. The third kappa shape index (κ3) is 2.22. The minimum atomic E-state index is -0.721. The summed E-state index contributed by atoms with van der Waals surface area (Å²) in [6.07, 6.45) is 2.11. The van der Waals surface area contributed by atoms with E-state index in [1.165, 1.54) is 42.1 Å². The van der Waals surface area contributed by atoms with Crippen LogP contribution in [0.15, 0.2) is 24.7 Å². The van der Waals surface area contributed by atoms with Crippen LogP contribution < -0.4 is 0 Å². The van der Waals surface area contributed by atoms with Crippen LogP contribution in [0.4, 0.5) is 4.79 Å². The molecule has 0 saturated heterocycles. The molecule has 0 atom stereocenters. The molecule has 7 heteroatoms. The Morgan fingerprint density at radius 3 is 2.82 bits per heavy atom. The van der Waals surface area contributed by atoms with Crippen molar-refractivity contribution in [3.63, 3.8) is 0 Å². The molecular weight excluding hydrogens is 224 g/mol. The number of carbonyl (C=O) groups is 2. The molecule has 0 spiro atoms. The van der Waals surface area contributed by atoms with Gasteiger partial charge in [0.25, 0.3) is 0 Å². The normalized spacial score (nSPS) is 10.2. The van der Waals surface area contributed by atoms with Crippen molar-refractivity contribution in [2.45, 2.75) is 0 Å². The van der Waals surface area contributed by atoms with Crippen molar-refractivity contribution >= 4 is 17.7 Å². The van der Waals surface area contributed by atoms with E-state index in [0.29, 0.717) is 5.65 Å². The molecule has 0 N–H and O–H groups in total. The first-order valence-electron chi connectivity index (χ1n) is 4.81. The van der Waals surface area contributed by atoms with E-state index in [-0.39, 0.29) is 5.56 Å². The van der Waals surface area contributed by atoms with Crippen LogP contribution in [-0.2, 0) is 4.74 Å². The van der Waals surface area contributed by atoms with Crippen molar-refractivity contribution in [1.82, 2.24) is 19.5 Å². The van der Waals surface area contributed by atoms with Gasteiger partial charge < -0.3 is 9.64 Å². The lowest BCUT2D eigenvalue weighted by Gasteiger charge is -2.09. The Labute approximate surface area is 96.6 Å². The van der Waals surface area contributed by atoms with Gasteiger partial charge >= 0.3 is 12.1 Å². The van der Waals surface area contributed by atoms with Crippen LogP contribution in [0, 0.1) is 0 Å². The quantitative estimate of drug-likeness (QED) is 0.532. The first kappa shape index (κ1) is 11.1. The fourth-order valence-electron chi connectivity index (χ4n) is 1.17. The lowest BCUT2D eigenvalue weighted by molar-refractivity contribution is 0.0572. The molecule has 88 valence electrons. The zero-order chi connectivity index (χ0) is 12.4. The maximum absolute atomic E-state index is 11.6. The maximum Gasteiger partial charge on any atom is 0.417 e. The highest BCUT2D eigenvalue weighted by molar-refractivity contribution is 5.96. The Morgan fingerprint density at radius 2 is 2.12 bits per heavy atom. The lowest BCUT2D eigenvalue weighted by Crippen LogP contribution is -2.25. The number of hydrogen-bond donors (Lipinski definition) is 0. The summed E-state index contributed by atoms with van der Waals surface area (Å²) in [5.74, 6) is -0.721. The van der Waals surface area contributed by atoms with E-state index >= 15 is 0 Å². The predicted octanol–water partition coefficient (Wildman–Crippen LogP) is 0.568. The van der Waals surface area contributed by atoms with Crippen molar-refractivity contribution in [3.8, 4) is 0 Å². The molecule has 2 aromatic heterocycles. The maximum atomic E-state index is 11.6. The minimum Gasteiger partial charge on any atom is -0.372 e. The van der Waals surface area contributed by atoms with Gasteiger partial charge in [0.1, 0.15) is 6.33 Å². The number of rotatable bonds is 1. The van der Waals surface area contributed by atoms with E-state index < -0.39 is 12.1 Å². The molecule has 0 bridgehead atoms. The number of pyridine rings is 1. The molecule has 0 aliphatic carbocycles. The SMILES string of the molecule is CN(C)C(=O)OC(=O)c1ccc2ncnn2c1. The van der Waals surface area contributed by atoms with Gasteiger partial charge in [-0.15, -0.1) is 0 Å². The molecule has 17 heavy (non-hydrogen) atoms. The number of nitrogens with zero attached hydrogens (tertiary/aromatic N) is 4. The Morgan fingerprint density at radius 1 is 1.35 bits per heavy atom. The topological polar surface area (TPSA) is 76.8 Å². The van der Waals surface area contributed by atoms with Gasteiger partial charge in [-0.2, -0.15) is 5.10 Å². The summed E-state index contributed by atoms with van der Waals surface area (Å²) in [5, 5.41) is 3.88. The van der Waals surface area contributed by atoms with E-state index in [1.807, 2.05) is 0 Å². The van der Waals surface area contributed by atoms with Gasteiger partial charge in [0.15, 0.2) is 5.65 Å². The molecule has 0 radical (unpaired) electrons. The Balaban J connectivity index is 2.21. The van der Waals surface area contributed by atoms with Crippen LogP contribution >= 0.6 is 0 Å². The van der Waals surface area contributed by atoms with E-state index in [1.54, 1.807) is 6.07 Å². The summed E-state index contributed by atoms with van der Waals surface area (Å²) in [7, 11) is 2.99. The summed E-state index contributed by atoms with van der Waals surface area (Å²) in [5.41, 5.74) is 0.846. The van der Waals surface area contributed by atoms with Crippen molar-refractivity contribution < 1.29 is 14.3 Å². The lowest BCUT2D eigenvalue weighted by atomic mass is 10.3. The third-order valence-corrected chi connectivity index (χ3v) is 2.05. The van der Waals surface area contributed by atoms with Crippen LogP contribution in [0.2, 0.25) is 0 Å². The molecule has 0 fully saturated rings. The van der Waals surface area contributed by atoms with E-state index in [0.717, 1.165) is 0 Å². The smallest absolute Gasteiger partial charge is 0.372 e. The number of esters is 1. The molecule has 0 saturated carbocycles. The zero-order valence-corrected chi connectivity index (χ0v) is 9.32. The monoisotopic (exact) mass is 234 g/mol. The summed E-state index contributed by atoms with van der Waals surface area (Å²) >= 11 is 0. The highest BCUT2D eigenvalue weighted by Crippen LogP contribution is 2.05. The van der Waals surface area contributed by atoms with Gasteiger partial charge in [0.2, 0.25) is 0 Å². The van der Waals surface area contributed by atoms with Gasteiger partial charge in [-0.3, -0.25) is 0 Å². The Hall–Kier alpha value is -2.44. The van der Waals surface area contributed by atoms with Crippen LogP contribution in [0.3, 0.4) is 0 Å². The van der Waals surface area contributed by atoms with Crippen molar-refractivity contribution in [2.75, 3.05) is 14.1 Å². The van der Waals surface area contributed by atoms with Gasteiger partial charge in [0.05, 0.1) is 5.56 Å². The molecule has 0 aromatic carbocycles. The molecule has 2 heterocycles. The van der Waals surface area contributed by atoms with Gasteiger partial charge in [-0.25, -0.2) is 19.1 Å². The molecule has 0 unspecified atom stereocenters. The van der Waals surface area contributed by atoms with Gasteiger partial charge in [-0.1, -0.05) is 0 Å². The fourth-order valence-corrected chi connectivity index (χ4v) is 1.17. The predicted molar refractivity (Wildman–Crippen MR) is 57.5 cm³/mol. The fraction of sp³-hybridized carbons (Fsp3) is 0.200. The standard InChI is InChI=1S/C10H10N4O3/c1-13(2)10(16)17-9(15)7-3-4-8-11-6-12-14(8)5-7/h3-6H,1-2H3. The van der Waals surface area contributed by atoms with Gasteiger partial charge in [0, 0.05) is 20.3 Å². The number of carbonyl (C=O) groups excluding carboxylic acids is 2. The highest BCUT2D eigenvalue weighted by Gasteiger charge is 2.15. The summed E-state index contributed by atoms with van der Waals surface area (Å²) in [6.45, 7) is 0. The molecule has 7 nitrogen and oxygen atoms in total. The number of amides is 1. The minimum absolute atomic E-state index is 0.234. The Bertz CT molecular complexity index is 576. The van der Waals surface area contributed by atoms with Crippen LogP contribution in [0.5, 0.6) is 0 Å². The number of ether oxygens (including phenoxy) is 1. The molecule has 0 aliphatic heterocycles. The number of fused-ring (bicyclic) bond motifs is 1. The first-order chi connectivity index (χ1) is 8.08. The highest BCUT2D eigenvalue weighted by atomic mass is 16.6. The Kier molecular flexibility index (Phi) is 2.73. The number of aromatic nitrogens is 3. The molecule has 2 rings (SSSR count).